The van der Waals surface area contributed by atoms with Crippen LogP contribution in [0.3, 0.4) is 0 Å². The second-order valence-electron chi connectivity index (χ2n) is 5.07. The molecule has 0 radical (unpaired) electrons. The van der Waals surface area contributed by atoms with Crippen LogP contribution >= 0.6 is 0 Å². The first-order chi connectivity index (χ1) is 8.00. The van der Waals surface area contributed by atoms with E-state index in [2.05, 4.69) is 4.90 Å². The van der Waals surface area contributed by atoms with E-state index in [0.717, 1.165) is 38.8 Å². The summed E-state index contributed by atoms with van der Waals surface area (Å²) < 4.78 is 0. The van der Waals surface area contributed by atoms with E-state index in [1.54, 1.807) is 0 Å². The van der Waals surface area contributed by atoms with Gasteiger partial charge in [-0.25, -0.2) is 0 Å². The van der Waals surface area contributed by atoms with Crippen LogP contribution in [0.2, 0.25) is 0 Å². The van der Waals surface area contributed by atoms with Gasteiger partial charge in [-0.2, -0.15) is 0 Å². The summed E-state index contributed by atoms with van der Waals surface area (Å²) in [6.45, 7) is 5.78. The molecule has 0 bridgehead atoms. The third-order valence-corrected chi connectivity index (χ3v) is 3.70. The van der Waals surface area contributed by atoms with Crippen molar-refractivity contribution in [1.82, 2.24) is 4.90 Å². The predicted molar refractivity (Wildman–Crippen MR) is 66.0 cm³/mol. The molecule has 1 unspecified atom stereocenters. The maximum Gasteiger partial charge on any atom is 0.310 e. The van der Waals surface area contributed by atoms with E-state index in [-0.39, 0.29) is 12.2 Å². The fraction of sp³-hybridized carbons (Fsp3) is 0.846. The number of carboxylic acid groups (broad SMARTS) is 1. The van der Waals surface area contributed by atoms with Crippen molar-refractivity contribution in [1.29, 1.82) is 0 Å². The Labute approximate surface area is 103 Å². The van der Waals surface area contributed by atoms with E-state index in [1.165, 1.54) is 6.42 Å². The van der Waals surface area contributed by atoms with Crippen LogP contribution in [-0.2, 0) is 9.59 Å². The van der Waals surface area contributed by atoms with Gasteiger partial charge >= 0.3 is 5.97 Å². The van der Waals surface area contributed by atoms with Crippen LogP contribution in [0.1, 0.15) is 52.4 Å². The summed E-state index contributed by atoms with van der Waals surface area (Å²) >= 11 is 0. The Bertz CT molecular complexity index is 284. The van der Waals surface area contributed by atoms with Gasteiger partial charge in [0, 0.05) is 0 Å². The van der Waals surface area contributed by atoms with E-state index in [4.69, 9.17) is 5.11 Å². The van der Waals surface area contributed by atoms with Gasteiger partial charge in [-0.1, -0.05) is 19.8 Å². The minimum Gasteiger partial charge on any atom is -0.481 e. The predicted octanol–water partition coefficient (Wildman–Crippen LogP) is 2.07. The summed E-state index contributed by atoms with van der Waals surface area (Å²) in [6.07, 6.45) is 4.73. The van der Waals surface area contributed by atoms with Gasteiger partial charge in [0.1, 0.15) is 6.42 Å². The zero-order valence-corrected chi connectivity index (χ0v) is 10.9. The lowest BCUT2D eigenvalue weighted by molar-refractivity contribution is -0.144. The number of hydrogen-bond acceptors (Lipinski definition) is 3. The Morgan fingerprint density at radius 1 is 1.24 bits per heavy atom. The number of ketones is 1. The van der Waals surface area contributed by atoms with E-state index in [1.807, 2.05) is 13.8 Å². The third kappa shape index (κ3) is 3.53. The van der Waals surface area contributed by atoms with Crippen LogP contribution < -0.4 is 0 Å². The molecule has 0 amide bonds. The molecule has 4 nitrogen and oxygen atoms in total. The van der Waals surface area contributed by atoms with Crippen LogP contribution in [0.25, 0.3) is 0 Å². The first kappa shape index (κ1) is 14.2. The molecule has 0 aromatic rings. The SMILES string of the molecule is CCCC(C)(C(=O)CC(=O)O)N1CCCCC1. The Morgan fingerprint density at radius 2 is 1.82 bits per heavy atom. The maximum absolute atomic E-state index is 12.1. The van der Waals surface area contributed by atoms with Gasteiger partial charge in [0.25, 0.3) is 0 Å². The molecule has 1 saturated heterocycles. The summed E-state index contributed by atoms with van der Waals surface area (Å²) in [4.78, 5) is 25.0. The number of aliphatic carboxylic acids is 1. The number of piperidine rings is 1. The van der Waals surface area contributed by atoms with Crippen molar-refractivity contribution in [2.45, 2.75) is 57.9 Å². The van der Waals surface area contributed by atoms with Gasteiger partial charge in [0.05, 0.1) is 5.54 Å². The Kier molecular flexibility index (Phi) is 5.12. The van der Waals surface area contributed by atoms with E-state index >= 15 is 0 Å². The molecule has 98 valence electrons. The average molecular weight is 241 g/mol. The van der Waals surface area contributed by atoms with Crippen molar-refractivity contribution >= 4 is 11.8 Å². The van der Waals surface area contributed by atoms with Gasteiger partial charge in [-0.3, -0.25) is 14.5 Å². The largest absolute Gasteiger partial charge is 0.481 e. The highest BCUT2D eigenvalue weighted by atomic mass is 16.4. The fourth-order valence-corrected chi connectivity index (χ4v) is 2.68. The Balaban J connectivity index is 2.78. The molecule has 1 aliphatic rings. The molecular formula is C13H23NO3. The normalized spacial score (nSPS) is 20.8. The number of likely N-dealkylation sites (tertiary alicyclic amines) is 1. The summed E-state index contributed by atoms with van der Waals surface area (Å²) in [5.74, 6) is -1.16. The van der Waals surface area contributed by atoms with Crippen molar-refractivity contribution in [3.05, 3.63) is 0 Å². The topological polar surface area (TPSA) is 57.6 Å². The third-order valence-electron chi connectivity index (χ3n) is 3.70. The van der Waals surface area contributed by atoms with E-state index in [0.29, 0.717) is 0 Å². The minimum absolute atomic E-state index is 0.145. The van der Waals surface area contributed by atoms with Gasteiger partial charge in [-0.05, 0) is 39.3 Å². The van der Waals surface area contributed by atoms with Gasteiger partial charge < -0.3 is 5.11 Å². The summed E-state index contributed by atoms with van der Waals surface area (Å²) in [5, 5.41) is 8.77. The molecule has 0 aromatic carbocycles. The standard InChI is InChI=1S/C13H23NO3/c1-3-7-13(2,11(15)10-12(16)17)14-8-5-4-6-9-14/h3-10H2,1-2H3,(H,16,17). The number of nitrogens with zero attached hydrogens (tertiary/aromatic N) is 1. The molecule has 0 aliphatic carbocycles. The van der Waals surface area contributed by atoms with Crippen LogP contribution in [0.5, 0.6) is 0 Å². The van der Waals surface area contributed by atoms with E-state index < -0.39 is 11.5 Å². The Hall–Kier alpha value is -0.900. The lowest BCUT2D eigenvalue weighted by Gasteiger charge is -2.42. The molecule has 0 saturated carbocycles. The molecule has 4 heteroatoms. The highest BCUT2D eigenvalue weighted by Gasteiger charge is 2.39. The lowest BCUT2D eigenvalue weighted by Crippen LogP contribution is -2.54. The molecular weight excluding hydrogens is 218 g/mol. The molecule has 1 N–H and O–H groups in total. The van der Waals surface area contributed by atoms with Crippen LogP contribution in [0.15, 0.2) is 0 Å². The second kappa shape index (κ2) is 6.15. The van der Waals surface area contributed by atoms with Gasteiger partial charge in [0.15, 0.2) is 5.78 Å². The molecule has 1 rings (SSSR count). The zero-order chi connectivity index (χ0) is 12.9. The maximum atomic E-state index is 12.1. The lowest BCUT2D eigenvalue weighted by atomic mass is 9.85. The van der Waals surface area contributed by atoms with Crippen LogP contribution in [0.4, 0.5) is 0 Å². The van der Waals surface area contributed by atoms with Crippen LogP contribution in [-0.4, -0.2) is 40.4 Å². The first-order valence-corrected chi connectivity index (χ1v) is 6.51. The number of hydrogen-bond donors (Lipinski definition) is 1. The highest BCUT2D eigenvalue weighted by molar-refractivity contribution is 6.00. The van der Waals surface area contributed by atoms with Gasteiger partial charge in [0.2, 0.25) is 0 Å². The molecule has 1 atom stereocenters. The monoisotopic (exact) mass is 241 g/mol. The number of rotatable bonds is 6. The number of Topliss-reactive ketones (excluding diaryl/α,β-unsaturated/α-hetero) is 1. The zero-order valence-electron chi connectivity index (χ0n) is 10.9. The molecule has 0 aromatic heterocycles. The number of carbonyl (C=O) groups is 2. The number of carbonyl (C=O) groups excluding carboxylic acids is 1. The van der Waals surface area contributed by atoms with Gasteiger partial charge in [-0.15, -0.1) is 0 Å². The summed E-state index contributed by atoms with van der Waals surface area (Å²) in [5.41, 5.74) is -0.576. The first-order valence-electron chi connectivity index (χ1n) is 6.51. The molecule has 17 heavy (non-hydrogen) atoms. The van der Waals surface area contributed by atoms with Crippen molar-refractivity contribution in [2.24, 2.45) is 0 Å². The summed E-state index contributed by atoms with van der Waals surface area (Å²) in [6, 6.07) is 0. The molecule has 1 heterocycles. The molecule has 1 aliphatic heterocycles. The highest BCUT2D eigenvalue weighted by Crippen LogP contribution is 2.27. The minimum atomic E-state index is -1.02. The average Bonchev–Trinajstić information content (AvgIpc) is 2.29. The molecule has 0 spiro atoms. The van der Waals surface area contributed by atoms with Crippen molar-refractivity contribution in [3.63, 3.8) is 0 Å². The van der Waals surface area contributed by atoms with Crippen molar-refractivity contribution < 1.29 is 14.7 Å². The van der Waals surface area contributed by atoms with Crippen LogP contribution in [0, 0.1) is 0 Å². The Morgan fingerprint density at radius 3 is 2.29 bits per heavy atom. The number of carboxylic acids is 1. The van der Waals surface area contributed by atoms with E-state index in [9.17, 15) is 9.59 Å². The van der Waals surface area contributed by atoms with Crippen molar-refractivity contribution in [3.8, 4) is 0 Å². The smallest absolute Gasteiger partial charge is 0.310 e. The second-order valence-corrected chi connectivity index (χ2v) is 5.07. The summed E-state index contributed by atoms with van der Waals surface area (Å²) in [7, 11) is 0. The fourth-order valence-electron chi connectivity index (χ4n) is 2.68. The quantitative estimate of drug-likeness (QED) is 0.723. The molecule has 1 fully saturated rings. The van der Waals surface area contributed by atoms with Crippen molar-refractivity contribution in [2.75, 3.05) is 13.1 Å².